The molecular formula is C11H16BrNO2. The molecule has 4 heteroatoms. The zero-order chi connectivity index (χ0) is 11.3. The Morgan fingerprint density at radius 3 is 2.87 bits per heavy atom. The molecule has 0 amide bonds. The van der Waals surface area contributed by atoms with Gasteiger partial charge in [-0.15, -0.1) is 0 Å². The zero-order valence-corrected chi connectivity index (χ0v) is 10.3. The van der Waals surface area contributed by atoms with Gasteiger partial charge in [0.1, 0.15) is 5.75 Å². The van der Waals surface area contributed by atoms with Crippen molar-refractivity contribution in [2.24, 2.45) is 0 Å². The second-order valence-electron chi connectivity index (χ2n) is 3.59. The minimum absolute atomic E-state index is 0.269. The van der Waals surface area contributed by atoms with Crippen LogP contribution in [0.1, 0.15) is 18.9 Å². The molecule has 0 radical (unpaired) electrons. The van der Waals surface area contributed by atoms with Crippen LogP contribution in [0.5, 0.6) is 5.75 Å². The van der Waals surface area contributed by atoms with E-state index in [9.17, 15) is 5.11 Å². The summed E-state index contributed by atoms with van der Waals surface area (Å²) in [5, 5.41) is 21.6. The van der Waals surface area contributed by atoms with Crippen molar-refractivity contribution in [3.63, 3.8) is 0 Å². The van der Waals surface area contributed by atoms with E-state index in [0.29, 0.717) is 6.54 Å². The molecule has 0 aliphatic carbocycles. The third-order valence-electron chi connectivity index (χ3n) is 2.08. The van der Waals surface area contributed by atoms with E-state index in [0.717, 1.165) is 23.0 Å². The topological polar surface area (TPSA) is 52.5 Å². The molecule has 0 fully saturated rings. The van der Waals surface area contributed by atoms with Crippen LogP contribution in [-0.2, 0) is 6.54 Å². The Morgan fingerprint density at radius 2 is 2.20 bits per heavy atom. The van der Waals surface area contributed by atoms with E-state index in [2.05, 4.69) is 21.2 Å². The van der Waals surface area contributed by atoms with Crippen molar-refractivity contribution in [1.29, 1.82) is 0 Å². The maximum absolute atomic E-state index is 9.29. The van der Waals surface area contributed by atoms with Gasteiger partial charge in [0, 0.05) is 11.0 Å². The number of halogens is 1. The van der Waals surface area contributed by atoms with E-state index in [1.165, 1.54) is 0 Å². The van der Waals surface area contributed by atoms with Crippen molar-refractivity contribution in [3.8, 4) is 5.75 Å². The third kappa shape index (κ3) is 4.64. The van der Waals surface area contributed by atoms with Gasteiger partial charge in [-0.1, -0.05) is 15.9 Å². The molecule has 15 heavy (non-hydrogen) atoms. The lowest BCUT2D eigenvalue weighted by Crippen LogP contribution is -2.18. The van der Waals surface area contributed by atoms with Gasteiger partial charge in [0.2, 0.25) is 0 Å². The molecule has 0 saturated heterocycles. The number of rotatable bonds is 5. The normalized spacial score (nSPS) is 12.7. The first-order chi connectivity index (χ1) is 7.09. The summed E-state index contributed by atoms with van der Waals surface area (Å²) in [5.41, 5.74) is 1.01. The molecule has 1 atom stereocenters. The molecule has 84 valence electrons. The van der Waals surface area contributed by atoms with Gasteiger partial charge in [-0.05, 0) is 43.7 Å². The van der Waals surface area contributed by atoms with Crippen LogP contribution in [-0.4, -0.2) is 22.9 Å². The number of hydrogen-bond donors (Lipinski definition) is 3. The van der Waals surface area contributed by atoms with Gasteiger partial charge in [0.05, 0.1) is 6.10 Å². The lowest BCUT2D eigenvalue weighted by molar-refractivity contribution is 0.183. The van der Waals surface area contributed by atoms with E-state index in [4.69, 9.17) is 5.11 Å². The Bertz CT molecular complexity index is 315. The lowest BCUT2D eigenvalue weighted by atomic mass is 10.2. The molecule has 3 N–H and O–H groups in total. The number of hydrogen-bond acceptors (Lipinski definition) is 3. The highest BCUT2D eigenvalue weighted by Crippen LogP contribution is 2.21. The quantitative estimate of drug-likeness (QED) is 0.720. The molecule has 1 rings (SSSR count). The number of aliphatic hydroxyl groups excluding tert-OH is 1. The Morgan fingerprint density at radius 1 is 1.47 bits per heavy atom. The van der Waals surface area contributed by atoms with Crippen LogP contribution in [0.25, 0.3) is 0 Å². The maximum atomic E-state index is 9.29. The predicted molar refractivity (Wildman–Crippen MR) is 63.8 cm³/mol. The van der Waals surface area contributed by atoms with Crippen molar-refractivity contribution in [1.82, 2.24) is 5.32 Å². The highest BCUT2D eigenvalue weighted by atomic mass is 79.9. The van der Waals surface area contributed by atoms with Crippen LogP contribution < -0.4 is 5.32 Å². The van der Waals surface area contributed by atoms with Gasteiger partial charge < -0.3 is 15.5 Å². The Hall–Kier alpha value is -0.580. The largest absolute Gasteiger partial charge is 0.508 e. The average Bonchev–Trinajstić information content (AvgIpc) is 2.17. The Balaban J connectivity index is 2.40. The first kappa shape index (κ1) is 12.5. The van der Waals surface area contributed by atoms with Crippen molar-refractivity contribution in [2.45, 2.75) is 26.0 Å². The summed E-state index contributed by atoms with van der Waals surface area (Å²) in [6, 6.07) is 5.18. The highest BCUT2D eigenvalue weighted by molar-refractivity contribution is 9.10. The fraction of sp³-hybridized carbons (Fsp3) is 0.455. The number of phenols is 1. The SMILES string of the molecule is CC(O)CCNCc1cc(O)ccc1Br. The third-order valence-corrected chi connectivity index (χ3v) is 2.86. The molecule has 0 aliphatic heterocycles. The van der Waals surface area contributed by atoms with Gasteiger partial charge in [-0.3, -0.25) is 0 Å². The summed E-state index contributed by atoms with van der Waals surface area (Å²) in [6.45, 7) is 3.22. The first-order valence-corrected chi connectivity index (χ1v) is 5.75. The summed E-state index contributed by atoms with van der Waals surface area (Å²) in [5.74, 6) is 0.269. The second-order valence-corrected chi connectivity index (χ2v) is 4.44. The molecule has 0 saturated carbocycles. The summed E-state index contributed by atoms with van der Waals surface area (Å²) >= 11 is 3.41. The molecule has 0 bridgehead atoms. The predicted octanol–water partition coefficient (Wildman–Crippen LogP) is 2.02. The fourth-order valence-electron chi connectivity index (χ4n) is 1.23. The molecule has 1 aromatic carbocycles. The summed E-state index contributed by atoms with van der Waals surface area (Å²) in [6.07, 6.45) is 0.460. The fourth-order valence-corrected chi connectivity index (χ4v) is 1.62. The summed E-state index contributed by atoms with van der Waals surface area (Å²) < 4.78 is 0.977. The van der Waals surface area contributed by atoms with Crippen molar-refractivity contribution in [2.75, 3.05) is 6.54 Å². The standard InChI is InChI=1S/C11H16BrNO2/c1-8(14)4-5-13-7-9-6-10(15)2-3-11(9)12/h2-3,6,8,13-15H,4-5,7H2,1H3. The van der Waals surface area contributed by atoms with Crippen LogP contribution in [0.2, 0.25) is 0 Å². The molecule has 0 aromatic heterocycles. The van der Waals surface area contributed by atoms with Crippen LogP contribution in [0.3, 0.4) is 0 Å². The minimum atomic E-state index is -0.273. The van der Waals surface area contributed by atoms with Crippen molar-refractivity contribution >= 4 is 15.9 Å². The molecular weight excluding hydrogens is 258 g/mol. The minimum Gasteiger partial charge on any atom is -0.508 e. The molecule has 1 unspecified atom stereocenters. The molecule has 0 spiro atoms. The van der Waals surface area contributed by atoms with E-state index >= 15 is 0 Å². The van der Waals surface area contributed by atoms with E-state index in [1.807, 2.05) is 6.07 Å². The summed E-state index contributed by atoms with van der Waals surface area (Å²) in [7, 11) is 0. The van der Waals surface area contributed by atoms with Crippen LogP contribution in [0, 0.1) is 0 Å². The monoisotopic (exact) mass is 273 g/mol. The van der Waals surface area contributed by atoms with Crippen LogP contribution >= 0.6 is 15.9 Å². The number of nitrogens with one attached hydrogen (secondary N) is 1. The first-order valence-electron chi connectivity index (χ1n) is 4.96. The van der Waals surface area contributed by atoms with Crippen LogP contribution in [0.15, 0.2) is 22.7 Å². The second kappa shape index (κ2) is 6.10. The smallest absolute Gasteiger partial charge is 0.115 e. The van der Waals surface area contributed by atoms with E-state index in [-0.39, 0.29) is 11.9 Å². The molecule has 3 nitrogen and oxygen atoms in total. The zero-order valence-electron chi connectivity index (χ0n) is 8.70. The maximum Gasteiger partial charge on any atom is 0.115 e. The van der Waals surface area contributed by atoms with Crippen molar-refractivity contribution in [3.05, 3.63) is 28.2 Å². The number of phenolic OH excluding ortho intramolecular Hbond substituents is 1. The van der Waals surface area contributed by atoms with E-state index < -0.39 is 0 Å². The lowest BCUT2D eigenvalue weighted by Gasteiger charge is -2.08. The number of benzene rings is 1. The van der Waals surface area contributed by atoms with Crippen molar-refractivity contribution < 1.29 is 10.2 Å². The van der Waals surface area contributed by atoms with Gasteiger partial charge in [0.15, 0.2) is 0 Å². The number of aromatic hydroxyl groups is 1. The summed E-state index contributed by atoms with van der Waals surface area (Å²) in [4.78, 5) is 0. The average molecular weight is 274 g/mol. The van der Waals surface area contributed by atoms with Gasteiger partial charge in [-0.25, -0.2) is 0 Å². The van der Waals surface area contributed by atoms with Gasteiger partial charge in [0.25, 0.3) is 0 Å². The molecule has 0 heterocycles. The Kier molecular flexibility index (Phi) is 5.08. The Labute approximate surface area is 98.3 Å². The number of aliphatic hydroxyl groups is 1. The van der Waals surface area contributed by atoms with Gasteiger partial charge >= 0.3 is 0 Å². The molecule has 1 aromatic rings. The highest BCUT2D eigenvalue weighted by Gasteiger charge is 2.01. The van der Waals surface area contributed by atoms with Gasteiger partial charge in [-0.2, -0.15) is 0 Å². The van der Waals surface area contributed by atoms with Crippen LogP contribution in [0.4, 0.5) is 0 Å². The molecule has 0 aliphatic rings. The van der Waals surface area contributed by atoms with E-state index in [1.54, 1.807) is 19.1 Å².